The minimum absolute atomic E-state index is 0.467. The highest BCUT2D eigenvalue weighted by molar-refractivity contribution is 6.31. The average Bonchev–Trinajstić information content (AvgIpc) is 3.41. The third-order valence-corrected chi connectivity index (χ3v) is 5.16. The number of methoxy groups -OCH3 is 1. The highest BCUT2D eigenvalue weighted by Gasteiger charge is 2.13. The SMILES string of the molecule is COc1ccc(-c2nc(-c3ccc(-c4nc5cc(Cl)ccc5[nH]4)cc3)no2)cc1C. The Morgan fingerprint density at radius 1 is 0.900 bits per heavy atom. The summed E-state index contributed by atoms with van der Waals surface area (Å²) in [7, 11) is 1.65. The van der Waals surface area contributed by atoms with Crippen LogP contribution in [0.15, 0.2) is 65.2 Å². The fourth-order valence-electron chi connectivity index (χ4n) is 3.36. The molecular weight excluding hydrogens is 400 g/mol. The summed E-state index contributed by atoms with van der Waals surface area (Å²) in [6.07, 6.45) is 0. The van der Waals surface area contributed by atoms with Gasteiger partial charge in [0.2, 0.25) is 5.82 Å². The minimum Gasteiger partial charge on any atom is -0.496 e. The van der Waals surface area contributed by atoms with Gasteiger partial charge in [-0.1, -0.05) is 41.0 Å². The van der Waals surface area contributed by atoms with Gasteiger partial charge in [-0.05, 0) is 48.9 Å². The van der Waals surface area contributed by atoms with Gasteiger partial charge < -0.3 is 14.2 Å². The zero-order valence-corrected chi connectivity index (χ0v) is 17.1. The molecule has 5 rings (SSSR count). The number of aromatic nitrogens is 4. The van der Waals surface area contributed by atoms with Crippen molar-refractivity contribution in [1.29, 1.82) is 0 Å². The Morgan fingerprint density at radius 3 is 2.43 bits per heavy atom. The number of imidazole rings is 1. The predicted molar refractivity (Wildman–Crippen MR) is 117 cm³/mol. The van der Waals surface area contributed by atoms with E-state index in [2.05, 4.69) is 20.1 Å². The topological polar surface area (TPSA) is 76.8 Å². The Bertz CT molecular complexity index is 1360. The zero-order valence-electron chi connectivity index (χ0n) is 16.3. The summed E-state index contributed by atoms with van der Waals surface area (Å²) in [5.41, 5.74) is 5.45. The number of ether oxygens (including phenoxy) is 1. The van der Waals surface area contributed by atoms with Crippen LogP contribution in [0, 0.1) is 6.92 Å². The van der Waals surface area contributed by atoms with Gasteiger partial charge in [0, 0.05) is 21.7 Å². The van der Waals surface area contributed by atoms with E-state index >= 15 is 0 Å². The van der Waals surface area contributed by atoms with Crippen LogP contribution in [0.3, 0.4) is 0 Å². The Balaban J connectivity index is 1.42. The number of nitrogens with zero attached hydrogens (tertiary/aromatic N) is 3. The van der Waals surface area contributed by atoms with Gasteiger partial charge in [-0.15, -0.1) is 0 Å². The number of rotatable bonds is 4. The van der Waals surface area contributed by atoms with Gasteiger partial charge in [-0.2, -0.15) is 4.98 Å². The third-order valence-electron chi connectivity index (χ3n) is 4.93. The van der Waals surface area contributed by atoms with Crippen LogP contribution in [0.5, 0.6) is 5.75 Å². The molecule has 0 unspecified atom stereocenters. The van der Waals surface area contributed by atoms with Crippen LogP contribution in [-0.2, 0) is 0 Å². The number of fused-ring (bicyclic) bond motifs is 1. The van der Waals surface area contributed by atoms with E-state index in [-0.39, 0.29) is 0 Å². The second-order valence-corrected chi connectivity index (χ2v) is 7.37. The van der Waals surface area contributed by atoms with E-state index in [0.29, 0.717) is 16.7 Å². The molecule has 0 atom stereocenters. The Hall–Kier alpha value is -3.64. The maximum absolute atomic E-state index is 6.05. The molecule has 2 aromatic heterocycles. The minimum atomic E-state index is 0.467. The van der Waals surface area contributed by atoms with Crippen molar-refractivity contribution in [3.8, 4) is 40.0 Å². The molecule has 0 aliphatic heterocycles. The number of aromatic amines is 1. The molecule has 0 aliphatic carbocycles. The quantitative estimate of drug-likeness (QED) is 0.393. The molecule has 0 saturated heterocycles. The number of nitrogens with one attached hydrogen (secondary N) is 1. The van der Waals surface area contributed by atoms with Crippen molar-refractivity contribution in [1.82, 2.24) is 20.1 Å². The third kappa shape index (κ3) is 3.31. The summed E-state index contributed by atoms with van der Waals surface area (Å²) in [6.45, 7) is 1.98. The fourth-order valence-corrected chi connectivity index (χ4v) is 3.53. The van der Waals surface area contributed by atoms with Crippen LogP contribution in [-0.4, -0.2) is 27.2 Å². The van der Waals surface area contributed by atoms with Crippen molar-refractivity contribution in [2.24, 2.45) is 0 Å². The van der Waals surface area contributed by atoms with Gasteiger partial charge in [0.05, 0.1) is 18.1 Å². The normalized spacial score (nSPS) is 11.2. The highest BCUT2D eigenvalue weighted by atomic mass is 35.5. The number of H-pyrrole nitrogens is 1. The van der Waals surface area contributed by atoms with Crippen molar-refractivity contribution in [3.05, 3.63) is 71.2 Å². The molecule has 0 fully saturated rings. The number of aryl methyl sites for hydroxylation is 1. The Labute approximate surface area is 177 Å². The summed E-state index contributed by atoms with van der Waals surface area (Å²) < 4.78 is 10.8. The van der Waals surface area contributed by atoms with Crippen LogP contribution in [0.4, 0.5) is 0 Å². The first-order valence-corrected chi connectivity index (χ1v) is 9.73. The molecule has 30 heavy (non-hydrogen) atoms. The molecule has 0 saturated carbocycles. The van der Waals surface area contributed by atoms with E-state index in [0.717, 1.165) is 44.9 Å². The first-order valence-electron chi connectivity index (χ1n) is 9.35. The number of hydrogen-bond acceptors (Lipinski definition) is 5. The molecule has 7 heteroatoms. The maximum atomic E-state index is 6.05. The van der Waals surface area contributed by atoms with E-state index in [1.807, 2.05) is 67.6 Å². The maximum Gasteiger partial charge on any atom is 0.258 e. The molecule has 0 bridgehead atoms. The zero-order chi connectivity index (χ0) is 20.7. The van der Waals surface area contributed by atoms with Crippen LogP contribution < -0.4 is 4.74 Å². The smallest absolute Gasteiger partial charge is 0.258 e. The number of hydrogen-bond donors (Lipinski definition) is 1. The molecule has 1 N–H and O–H groups in total. The van der Waals surface area contributed by atoms with Crippen LogP contribution in [0.2, 0.25) is 5.02 Å². The second-order valence-electron chi connectivity index (χ2n) is 6.93. The van der Waals surface area contributed by atoms with E-state index in [1.165, 1.54) is 0 Å². The lowest BCUT2D eigenvalue weighted by molar-refractivity contribution is 0.411. The molecule has 3 aromatic carbocycles. The van der Waals surface area contributed by atoms with Crippen molar-refractivity contribution < 1.29 is 9.26 Å². The van der Waals surface area contributed by atoms with Gasteiger partial charge in [0.25, 0.3) is 5.89 Å². The Morgan fingerprint density at radius 2 is 1.67 bits per heavy atom. The molecule has 0 radical (unpaired) electrons. The van der Waals surface area contributed by atoms with Gasteiger partial charge >= 0.3 is 0 Å². The van der Waals surface area contributed by atoms with E-state index < -0.39 is 0 Å². The molecule has 6 nitrogen and oxygen atoms in total. The predicted octanol–water partition coefficient (Wildman–Crippen LogP) is 5.92. The summed E-state index contributed by atoms with van der Waals surface area (Å²) in [6, 6.07) is 19.2. The van der Waals surface area contributed by atoms with Gasteiger partial charge in [-0.3, -0.25) is 0 Å². The average molecular weight is 417 g/mol. The van der Waals surface area contributed by atoms with E-state index in [4.69, 9.17) is 20.9 Å². The molecule has 2 heterocycles. The second kappa shape index (κ2) is 7.31. The molecular formula is C23H17ClN4O2. The Kier molecular flexibility index (Phi) is 4.48. The summed E-state index contributed by atoms with van der Waals surface area (Å²) in [5.74, 6) is 2.60. The van der Waals surface area contributed by atoms with Gasteiger partial charge in [0.1, 0.15) is 11.6 Å². The lowest BCUT2D eigenvalue weighted by Crippen LogP contribution is -1.88. The first-order chi connectivity index (χ1) is 14.6. The van der Waals surface area contributed by atoms with Crippen molar-refractivity contribution in [3.63, 3.8) is 0 Å². The first kappa shape index (κ1) is 18.4. The summed E-state index contributed by atoms with van der Waals surface area (Å²) in [5, 5.41) is 4.79. The molecule has 0 amide bonds. The lowest BCUT2D eigenvalue weighted by atomic mass is 10.1. The molecule has 148 valence electrons. The van der Waals surface area contributed by atoms with Crippen LogP contribution in [0.1, 0.15) is 5.56 Å². The highest BCUT2D eigenvalue weighted by Crippen LogP contribution is 2.28. The monoisotopic (exact) mass is 416 g/mol. The number of halogens is 1. The van der Waals surface area contributed by atoms with Crippen molar-refractivity contribution >= 4 is 22.6 Å². The summed E-state index contributed by atoms with van der Waals surface area (Å²) in [4.78, 5) is 12.5. The number of benzene rings is 3. The van der Waals surface area contributed by atoms with E-state index in [1.54, 1.807) is 7.11 Å². The molecule has 0 aliphatic rings. The van der Waals surface area contributed by atoms with Crippen molar-refractivity contribution in [2.75, 3.05) is 7.11 Å². The lowest BCUT2D eigenvalue weighted by Gasteiger charge is -2.04. The van der Waals surface area contributed by atoms with Crippen LogP contribution in [0.25, 0.3) is 45.3 Å². The standard InChI is InChI=1S/C23H17ClN4O2/c1-13-11-16(7-10-20(13)29-2)23-27-22(28-30-23)15-5-3-14(4-6-15)21-25-18-9-8-17(24)12-19(18)26-21/h3-12H,1-2H3,(H,25,26). The van der Waals surface area contributed by atoms with Crippen molar-refractivity contribution in [2.45, 2.75) is 6.92 Å². The summed E-state index contributed by atoms with van der Waals surface area (Å²) >= 11 is 6.05. The van der Waals surface area contributed by atoms with E-state index in [9.17, 15) is 0 Å². The molecule has 0 spiro atoms. The fraction of sp³-hybridized carbons (Fsp3) is 0.0870. The largest absolute Gasteiger partial charge is 0.496 e. The molecule has 5 aromatic rings. The van der Waals surface area contributed by atoms with Gasteiger partial charge in [-0.25, -0.2) is 4.98 Å². The van der Waals surface area contributed by atoms with Gasteiger partial charge in [0.15, 0.2) is 0 Å². The van der Waals surface area contributed by atoms with Crippen LogP contribution >= 0.6 is 11.6 Å².